The lowest BCUT2D eigenvalue weighted by Gasteiger charge is -2.19. The predicted molar refractivity (Wildman–Crippen MR) is 91.2 cm³/mol. The molecule has 1 amide bonds. The van der Waals surface area contributed by atoms with E-state index in [0.717, 1.165) is 24.8 Å². The average Bonchev–Trinajstić information content (AvgIpc) is 2.62. The van der Waals surface area contributed by atoms with Crippen molar-refractivity contribution < 1.29 is 28.2 Å². The number of nitrogens with one attached hydrogen (secondary N) is 1. The normalized spacial score (nSPS) is 11.7. The summed E-state index contributed by atoms with van der Waals surface area (Å²) < 4.78 is 32.6. The average molecular weight is 363 g/mol. The van der Waals surface area contributed by atoms with Gasteiger partial charge >= 0.3 is 5.97 Å². The molecule has 0 fully saturated rings. The molecule has 0 aliphatic rings. The molecule has 26 heavy (non-hydrogen) atoms. The second kappa shape index (κ2) is 8.94. The van der Waals surface area contributed by atoms with Gasteiger partial charge in [0, 0.05) is 12.5 Å². The molecule has 0 radical (unpaired) electrons. The quantitative estimate of drug-likeness (QED) is 0.755. The van der Waals surface area contributed by atoms with Crippen LogP contribution >= 0.6 is 0 Å². The lowest BCUT2D eigenvalue weighted by molar-refractivity contribution is -0.137. The van der Waals surface area contributed by atoms with Crippen LogP contribution in [0.1, 0.15) is 28.8 Å². The van der Waals surface area contributed by atoms with Crippen molar-refractivity contribution in [3.05, 3.63) is 65.2 Å². The summed E-state index contributed by atoms with van der Waals surface area (Å²) >= 11 is 0. The van der Waals surface area contributed by atoms with Crippen LogP contribution < -0.4 is 10.1 Å². The Morgan fingerprint density at radius 2 is 1.77 bits per heavy atom. The van der Waals surface area contributed by atoms with Gasteiger partial charge in [0.2, 0.25) is 0 Å². The van der Waals surface area contributed by atoms with Crippen molar-refractivity contribution in [1.82, 2.24) is 5.32 Å². The van der Waals surface area contributed by atoms with Gasteiger partial charge in [-0.1, -0.05) is 30.3 Å². The van der Waals surface area contributed by atoms with Gasteiger partial charge in [0.05, 0.1) is 7.11 Å². The van der Waals surface area contributed by atoms with Gasteiger partial charge in [-0.15, -0.1) is 0 Å². The van der Waals surface area contributed by atoms with Crippen LogP contribution in [-0.4, -0.2) is 30.1 Å². The summed E-state index contributed by atoms with van der Waals surface area (Å²) in [6, 6.07) is 10.3. The Morgan fingerprint density at radius 1 is 1.12 bits per heavy atom. The van der Waals surface area contributed by atoms with E-state index < -0.39 is 40.9 Å². The van der Waals surface area contributed by atoms with Crippen LogP contribution in [0, 0.1) is 11.6 Å². The Bertz CT molecular complexity index is 781. The number of aliphatic carboxylic acids is 1. The molecule has 2 rings (SSSR count). The third kappa shape index (κ3) is 5.02. The number of benzene rings is 2. The highest BCUT2D eigenvalue weighted by Crippen LogP contribution is 2.25. The van der Waals surface area contributed by atoms with Crippen molar-refractivity contribution in [3.8, 4) is 5.75 Å². The molecule has 5 nitrogen and oxygen atoms in total. The Morgan fingerprint density at radius 3 is 2.38 bits per heavy atom. The standard InChI is InChI=1S/C19H19F2NO4/c1-26-18-15(21)9-8-14(20)17(18)19(25)22-13(7-10-16(23)24)11-12-5-3-2-4-6-12/h2-6,8-9,13H,7,10-11H2,1H3,(H,22,25)(H,23,24). The molecule has 2 N–H and O–H groups in total. The van der Waals surface area contributed by atoms with E-state index >= 15 is 0 Å². The highest BCUT2D eigenvalue weighted by Gasteiger charge is 2.24. The third-order valence-electron chi connectivity index (χ3n) is 3.86. The zero-order valence-electron chi connectivity index (χ0n) is 14.2. The van der Waals surface area contributed by atoms with Gasteiger partial charge in [0.25, 0.3) is 5.91 Å². The molecule has 0 saturated carbocycles. The number of amides is 1. The van der Waals surface area contributed by atoms with Crippen LogP contribution in [0.2, 0.25) is 0 Å². The molecular formula is C19H19F2NO4. The second-order valence-corrected chi connectivity index (χ2v) is 5.73. The largest absolute Gasteiger partial charge is 0.493 e. The molecule has 1 unspecified atom stereocenters. The Labute approximate surface area is 149 Å². The topological polar surface area (TPSA) is 75.6 Å². The minimum absolute atomic E-state index is 0.148. The number of methoxy groups -OCH3 is 1. The first-order chi connectivity index (χ1) is 12.4. The van der Waals surface area contributed by atoms with Gasteiger partial charge in [0.15, 0.2) is 11.6 Å². The maximum atomic E-state index is 14.1. The zero-order chi connectivity index (χ0) is 19.1. The van der Waals surface area contributed by atoms with E-state index in [1.54, 1.807) is 0 Å². The van der Waals surface area contributed by atoms with Crippen LogP contribution in [0.25, 0.3) is 0 Å². The monoisotopic (exact) mass is 363 g/mol. The number of rotatable bonds is 8. The van der Waals surface area contributed by atoms with E-state index in [-0.39, 0.29) is 12.8 Å². The van der Waals surface area contributed by atoms with E-state index in [1.807, 2.05) is 30.3 Å². The summed E-state index contributed by atoms with van der Waals surface area (Å²) in [5.74, 6) is -4.13. The summed E-state index contributed by atoms with van der Waals surface area (Å²) in [6.45, 7) is 0. The van der Waals surface area contributed by atoms with Crippen molar-refractivity contribution in [2.45, 2.75) is 25.3 Å². The molecule has 7 heteroatoms. The summed E-state index contributed by atoms with van der Waals surface area (Å²) in [5, 5.41) is 11.5. The molecule has 2 aromatic carbocycles. The first kappa shape index (κ1) is 19.4. The predicted octanol–water partition coefficient (Wildman–Crippen LogP) is 3.18. The Balaban J connectivity index is 2.23. The van der Waals surface area contributed by atoms with Gasteiger partial charge in [-0.05, 0) is 30.5 Å². The van der Waals surface area contributed by atoms with E-state index in [2.05, 4.69) is 5.32 Å². The highest BCUT2D eigenvalue weighted by atomic mass is 19.1. The fraction of sp³-hybridized carbons (Fsp3) is 0.263. The van der Waals surface area contributed by atoms with Crippen molar-refractivity contribution in [2.75, 3.05) is 7.11 Å². The number of carboxylic acid groups (broad SMARTS) is 1. The SMILES string of the molecule is COc1c(F)ccc(F)c1C(=O)NC(CCC(=O)O)Cc1ccccc1. The first-order valence-electron chi connectivity index (χ1n) is 8.01. The lowest BCUT2D eigenvalue weighted by Crippen LogP contribution is -2.37. The van der Waals surface area contributed by atoms with Crippen molar-refractivity contribution in [2.24, 2.45) is 0 Å². The number of carbonyl (C=O) groups excluding carboxylic acids is 1. The van der Waals surface area contributed by atoms with E-state index in [1.165, 1.54) is 0 Å². The smallest absolute Gasteiger partial charge is 0.303 e. The number of hydrogen-bond acceptors (Lipinski definition) is 3. The van der Waals surface area contributed by atoms with Gasteiger partial charge in [-0.25, -0.2) is 8.78 Å². The lowest BCUT2D eigenvalue weighted by atomic mass is 10.0. The van der Waals surface area contributed by atoms with Gasteiger partial charge < -0.3 is 15.2 Å². The van der Waals surface area contributed by atoms with E-state index in [9.17, 15) is 18.4 Å². The van der Waals surface area contributed by atoms with Crippen LogP contribution in [0.3, 0.4) is 0 Å². The number of carbonyl (C=O) groups is 2. The zero-order valence-corrected chi connectivity index (χ0v) is 14.2. The van der Waals surface area contributed by atoms with E-state index in [4.69, 9.17) is 9.84 Å². The maximum absolute atomic E-state index is 14.1. The van der Waals surface area contributed by atoms with Crippen LogP contribution in [0.15, 0.2) is 42.5 Å². The molecule has 138 valence electrons. The summed E-state index contributed by atoms with van der Waals surface area (Å²) in [4.78, 5) is 23.4. The molecular weight excluding hydrogens is 344 g/mol. The van der Waals surface area contributed by atoms with Gasteiger partial charge in [-0.3, -0.25) is 9.59 Å². The number of ether oxygens (including phenoxy) is 1. The molecule has 0 aliphatic heterocycles. The fourth-order valence-corrected chi connectivity index (χ4v) is 2.62. The molecule has 2 aromatic rings. The molecule has 0 aliphatic carbocycles. The maximum Gasteiger partial charge on any atom is 0.303 e. The van der Waals surface area contributed by atoms with Crippen LogP contribution in [-0.2, 0) is 11.2 Å². The summed E-state index contributed by atoms with van der Waals surface area (Å²) in [5.41, 5.74) is 0.343. The fourth-order valence-electron chi connectivity index (χ4n) is 2.62. The molecule has 0 saturated heterocycles. The highest BCUT2D eigenvalue weighted by molar-refractivity contribution is 5.97. The Hall–Kier alpha value is -2.96. The van der Waals surface area contributed by atoms with Crippen molar-refractivity contribution in [1.29, 1.82) is 0 Å². The van der Waals surface area contributed by atoms with Crippen molar-refractivity contribution in [3.63, 3.8) is 0 Å². The second-order valence-electron chi connectivity index (χ2n) is 5.73. The minimum atomic E-state index is -1.01. The molecule has 0 heterocycles. The van der Waals surface area contributed by atoms with Gasteiger partial charge in [0.1, 0.15) is 11.4 Å². The summed E-state index contributed by atoms with van der Waals surface area (Å²) in [6.07, 6.45) is 0.342. The minimum Gasteiger partial charge on any atom is -0.493 e. The first-order valence-corrected chi connectivity index (χ1v) is 8.01. The van der Waals surface area contributed by atoms with E-state index in [0.29, 0.717) is 6.42 Å². The van der Waals surface area contributed by atoms with Crippen LogP contribution in [0.4, 0.5) is 8.78 Å². The Kier molecular flexibility index (Phi) is 6.66. The number of hydrogen-bond donors (Lipinski definition) is 2. The van der Waals surface area contributed by atoms with Gasteiger partial charge in [-0.2, -0.15) is 0 Å². The third-order valence-corrected chi connectivity index (χ3v) is 3.86. The number of carboxylic acids is 1. The molecule has 0 bridgehead atoms. The molecule has 0 aromatic heterocycles. The van der Waals surface area contributed by atoms with Crippen molar-refractivity contribution >= 4 is 11.9 Å². The summed E-state index contributed by atoms with van der Waals surface area (Å²) in [7, 11) is 1.14. The molecule has 0 spiro atoms. The van der Waals surface area contributed by atoms with Crippen LogP contribution in [0.5, 0.6) is 5.75 Å². The molecule has 1 atom stereocenters. The number of halogens is 2.